The van der Waals surface area contributed by atoms with Gasteiger partial charge in [0.25, 0.3) is 0 Å². The first kappa shape index (κ1) is 16.4. The van der Waals surface area contributed by atoms with Crippen molar-refractivity contribution in [1.82, 2.24) is 0 Å². The van der Waals surface area contributed by atoms with Crippen LogP contribution in [0.5, 0.6) is 5.75 Å². The number of aliphatic hydroxyl groups is 1. The van der Waals surface area contributed by atoms with Crippen LogP contribution in [-0.4, -0.2) is 21.2 Å². The van der Waals surface area contributed by atoms with Crippen molar-refractivity contribution in [1.29, 1.82) is 0 Å². The fraction of sp³-hybridized carbons (Fsp3) is 0.200. The van der Waals surface area contributed by atoms with Gasteiger partial charge in [-0.15, -0.1) is 0 Å². The smallest absolute Gasteiger partial charge is 0.312 e. The lowest BCUT2D eigenvalue weighted by molar-refractivity contribution is -0.386. The SMILES string of the molecule is N[C@H](c1cc(Br)cc([N+](=O)[O-])c1O)[C@@H](O)Cc1ccccc1. The number of phenols is 1. The van der Waals surface area contributed by atoms with Gasteiger partial charge in [-0.2, -0.15) is 0 Å². The van der Waals surface area contributed by atoms with Gasteiger partial charge in [0, 0.05) is 22.5 Å². The fourth-order valence-electron chi connectivity index (χ4n) is 2.19. The topological polar surface area (TPSA) is 110 Å². The lowest BCUT2D eigenvalue weighted by Crippen LogP contribution is -2.28. The van der Waals surface area contributed by atoms with Gasteiger partial charge in [0.1, 0.15) is 0 Å². The Hall–Kier alpha value is -1.96. The first-order valence-electron chi connectivity index (χ1n) is 6.54. The van der Waals surface area contributed by atoms with Crippen LogP contribution in [0.1, 0.15) is 17.2 Å². The van der Waals surface area contributed by atoms with Crippen molar-refractivity contribution in [2.75, 3.05) is 0 Å². The molecule has 0 heterocycles. The van der Waals surface area contributed by atoms with E-state index >= 15 is 0 Å². The molecule has 7 heteroatoms. The summed E-state index contributed by atoms with van der Waals surface area (Å²) in [5, 5.41) is 31.2. The second kappa shape index (κ2) is 6.87. The van der Waals surface area contributed by atoms with Gasteiger partial charge in [0.2, 0.25) is 0 Å². The maximum atomic E-state index is 10.9. The molecule has 6 nitrogen and oxygen atoms in total. The lowest BCUT2D eigenvalue weighted by atomic mass is 9.96. The van der Waals surface area contributed by atoms with E-state index in [0.717, 1.165) is 5.56 Å². The molecule has 116 valence electrons. The number of nitro groups is 1. The van der Waals surface area contributed by atoms with Crippen molar-refractivity contribution in [3.63, 3.8) is 0 Å². The molecular weight excluding hydrogens is 352 g/mol. The number of hydrogen-bond acceptors (Lipinski definition) is 5. The predicted molar refractivity (Wildman–Crippen MR) is 85.5 cm³/mol. The van der Waals surface area contributed by atoms with Gasteiger partial charge in [-0.25, -0.2) is 0 Å². The third kappa shape index (κ3) is 3.62. The maximum absolute atomic E-state index is 10.9. The quantitative estimate of drug-likeness (QED) is 0.556. The number of aromatic hydroxyl groups is 1. The van der Waals surface area contributed by atoms with E-state index in [1.807, 2.05) is 30.3 Å². The second-order valence-electron chi connectivity index (χ2n) is 4.90. The average Bonchev–Trinajstić information content (AvgIpc) is 2.49. The standard InChI is InChI=1S/C15H15BrN2O4/c16-10-7-11(15(20)12(8-10)18(21)22)14(17)13(19)6-9-4-2-1-3-5-9/h1-5,7-8,13-14,19-20H,6,17H2/t13-,14+/m0/s1. The normalized spacial score (nSPS) is 13.6. The van der Waals surface area contributed by atoms with Crippen molar-refractivity contribution >= 4 is 21.6 Å². The molecule has 2 aromatic rings. The number of halogens is 1. The largest absolute Gasteiger partial charge is 0.502 e. The molecule has 0 amide bonds. The van der Waals surface area contributed by atoms with Crippen LogP contribution in [-0.2, 0) is 6.42 Å². The molecule has 0 aromatic heterocycles. The Morgan fingerprint density at radius 2 is 1.91 bits per heavy atom. The lowest BCUT2D eigenvalue weighted by Gasteiger charge is -2.20. The zero-order valence-corrected chi connectivity index (χ0v) is 13.1. The zero-order chi connectivity index (χ0) is 16.3. The summed E-state index contributed by atoms with van der Waals surface area (Å²) in [6.45, 7) is 0. The highest BCUT2D eigenvalue weighted by atomic mass is 79.9. The minimum atomic E-state index is -0.984. The van der Waals surface area contributed by atoms with E-state index in [-0.39, 0.29) is 12.0 Å². The van der Waals surface area contributed by atoms with Gasteiger partial charge in [0.15, 0.2) is 5.75 Å². The molecule has 4 N–H and O–H groups in total. The van der Waals surface area contributed by atoms with Gasteiger partial charge < -0.3 is 15.9 Å². The van der Waals surface area contributed by atoms with Crippen LogP contribution >= 0.6 is 15.9 Å². The molecule has 0 aliphatic heterocycles. The van der Waals surface area contributed by atoms with Crippen molar-refractivity contribution in [3.8, 4) is 5.75 Å². The van der Waals surface area contributed by atoms with E-state index in [0.29, 0.717) is 4.47 Å². The first-order chi connectivity index (χ1) is 10.4. The van der Waals surface area contributed by atoms with E-state index < -0.39 is 28.5 Å². The fourth-order valence-corrected chi connectivity index (χ4v) is 2.65. The molecule has 0 saturated carbocycles. The van der Waals surface area contributed by atoms with Gasteiger partial charge in [0.05, 0.1) is 17.1 Å². The Balaban J connectivity index is 2.29. The van der Waals surface area contributed by atoms with E-state index in [1.54, 1.807) is 0 Å². The highest BCUT2D eigenvalue weighted by Gasteiger charge is 2.26. The second-order valence-corrected chi connectivity index (χ2v) is 5.82. The van der Waals surface area contributed by atoms with E-state index in [2.05, 4.69) is 15.9 Å². The summed E-state index contributed by atoms with van der Waals surface area (Å²) >= 11 is 3.15. The molecule has 0 fully saturated rings. The molecule has 0 unspecified atom stereocenters. The predicted octanol–water partition coefficient (Wildman–Crippen LogP) is 2.67. The number of hydrogen-bond donors (Lipinski definition) is 3. The molecular formula is C15H15BrN2O4. The van der Waals surface area contributed by atoms with Crippen LogP contribution in [0.15, 0.2) is 46.9 Å². The number of nitrogens with zero attached hydrogens (tertiary/aromatic N) is 1. The van der Waals surface area contributed by atoms with Crippen LogP contribution in [0.2, 0.25) is 0 Å². The van der Waals surface area contributed by atoms with Crippen molar-refractivity contribution in [2.24, 2.45) is 5.73 Å². The number of nitro benzene ring substituents is 1. The van der Waals surface area contributed by atoms with Crippen LogP contribution < -0.4 is 5.73 Å². The Bertz CT molecular complexity index is 679. The van der Waals surface area contributed by atoms with Gasteiger partial charge in [-0.05, 0) is 11.6 Å². The molecule has 0 aliphatic rings. The summed E-state index contributed by atoms with van der Waals surface area (Å²) in [7, 11) is 0. The van der Waals surface area contributed by atoms with Gasteiger partial charge in [-0.3, -0.25) is 10.1 Å². The van der Waals surface area contributed by atoms with E-state index in [9.17, 15) is 20.3 Å². The molecule has 0 spiro atoms. The Kier molecular flexibility index (Phi) is 5.12. The summed E-state index contributed by atoms with van der Waals surface area (Å²) in [5.41, 5.74) is 6.53. The minimum Gasteiger partial charge on any atom is -0.502 e. The third-order valence-corrected chi connectivity index (χ3v) is 3.80. The molecule has 0 saturated heterocycles. The highest BCUT2D eigenvalue weighted by molar-refractivity contribution is 9.10. The Morgan fingerprint density at radius 1 is 1.27 bits per heavy atom. The minimum absolute atomic E-state index is 0.129. The van der Waals surface area contributed by atoms with Crippen LogP contribution in [0, 0.1) is 10.1 Å². The number of aliphatic hydroxyl groups excluding tert-OH is 1. The average molecular weight is 367 g/mol. The molecule has 22 heavy (non-hydrogen) atoms. The zero-order valence-electron chi connectivity index (χ0n) is 11.5. The highest BCUT2D eigenvalue weighted by Crippen LogP contribution is 2.37. The Morgan fingerprint density at radius 3 is 2.50 bits per heavy atom. The summed E-state index contributed by atoms with van der Waals surface area (Å²) in [4.78, 5) is 10.2. The number of benzene rings is 2. The molecule has 0 bridgehead atoms. The van der Waals surface area contributed by atoms with Gasteiger partial charge in [-0.1, -0.05) is 46.3 Å². The van der Waals surface area contributed by atoms with Gasteiger partial charge >= 0.3 is 5.69 Å². The molecule has 2 atom stereocenters. The van der Waals surface area contributed by atoms with E-state index in [4.69, 9.17) is 5.73 Å². The number of nitrogens with two attached hydrogens (primary N) is 1. The summed E-state index contributed by atoms with van der Waals surface area (Å²) in [6, 6.07) is 11.0. The first-order valence-corrected chi connectivity index (χ1v) is 7.34. The summed E-state index contributed by atoms with van der Waals surface area (Å²) < 4.78 is 0.411. The third-order valence-electron chi connectivity index (χ3n) is 3.34. The molecule has 0 radical (unpaired) electrons. The number of rotatable bonds is 5. The summed E-state index contributed by atoms with van der Waals surface area (Å²) in [5.74, 6) is -0.521. The molecule has 2 rings (SSSR count). The van der Waals surface area contributed by atoms with Crippen LogP contribution in [0.4, 0.5) is 5.69 Å². The van der Waals surface area contributed by atoms with Crippen LogP contribution in [0.25, 0.3) is 0 Å². The van der Waals surface area contributed by atoms with Crippen LogP contribution in [0.3, 0.4) is 0 Å². The Labute approximate surface area is 135 Å². The monoisotopic (exact) mass is 366 g/mol. The van der Waals surface area contributed by atoms with Crippen molar-refractivity contribution in [3.05, 3.63) is 68.2 Å². The maximum Gasteiger partial charge on any atom is 0.312 e. The molecule has 2 aromatic carbocycles. The van der Waals surface area contributed by atoms with E-state index in [1.165, 1.54) is 12.1 Å². The van der Waals surface area contributed by atoms with Crippen molar-refractivity contribution < 1.29 is 15.1 Å². The van der Waals surface area contributed by atoms with Crippen molar-refractivity contribution in [2.45, 2.75) is 18.6 Å². The molecule has 0 aliphatic carbocycles. The summed E-state index contributed by atoms with van der Waals surface area (Å²) in [6.07, 6.45) is -0.705. The number of phenolic OH excluding ortho intramolecular Hbond substituents is 1.